The molecule has 1 aromatic carbocycles. The lowest BCUT2D eigenvalue weighted by molar-refractivity contribution is -0.137. The van der Waals surface area contributed by atoms with Crippen LogP contribution in [0.1, 0.15) is 78.4 Å². The van der Waals surface area contributed by atoms with Gasteiger partial charge in [0.15, 0.2) is 0 Å². The van der Waals surface area contributed by atoms with Crippen molar-refractivity contribution < 1.29 is 32.0 Å². The maximum Gasteiger partial charge on any atom is 0.495 e. The first-order valence-corrected chi connectivity index (χ1v) is 11.0. The average Bonchev–Trinajstić information content (AvgIpc) is 2.86. The molecule has 2 aliphatic heterocycles. The largest absolute Gasteiger partial charge is 0.495 e. The first kappa shape index (κ1) is 24.9. The summed E-state index contributed by atoms with van der Waals surface area (Å²) in [6, 6.07) is 3.77. The van der Waals surface area contributed by atoms with Gasteiger partial charge in [0.05, 0.1) is 16.8 Å². The highest BCUT2D eigenvalue weighted by Gasteiger charge is 2.52. The zero-order valence-electron chi connectivity index (χ0n) is 19.9. The number of alkyl halides is 3. The lowest BCUT2D eigenvalue weighted by Crippen LogP contribution is -2.43. The number of halogens is 3. The Morgan fingerprint density at radius 2 is 1.59 bits per heavy atom. The Hall–Kier alpha value is -1.74. The number of likely N-dealkylation sites (tertiary alicyclic amines) is 1. The molecule has 5 nitrogen and oxygen atoms in total. The number of benzene rings is 1. The molecule has 0 atom stereocenters. The highest BCUT2D eigenvalue weighted by molar-refractivity contribution is 6.62. The van der Waals surface area contributed by atoms with E-state index in [0.29, 0.717) is 37.0 Å². The van der Waals surface area contributed by atoms with Crippen molar-refractivity contribution in [2.24, 2.45) is 0 Å². The fourth-order valence-electron chi connectivity index (χ4n) is 3.99. The highest BCUT2D eigenvalue weighted by Crippen LogP contribution is 2.39. The van der Waals surface area contributed by atoms with Crippen molar-refractivity contribution in [2.45, 2.75) is 90.2 Å². The first-order valence-electron chi connectivity index (χ1n) is 11.0. The van der Waals surface area contributed by atoms with Crippen LogP contribution in [-0.4, -0.2) is 48.0 Å². The van der Waals surface area contributed by atoms with Crippen LogP contribution in [0.5, 0.6) is 0 Å². The number of hydrogen-bond acceptors (Lipinski definition) is 4. The van der Waals surface area contributed by atoms with E-state index in [2.05, 4.69) is 0 Å². The van der Waals surface area contributed by atoms with Gasteiger partial charge in [0.1, 0.15) is 5.60 Å². The molecule has 0 spiro atoms. The Bertz CT molecular complexity index is 840. The van der Waals surface area contributed by atoms with Gasteiger partial charge in [-0.1, -0.05) is 12.1 Å². The number of carbonyl (C=O) groups excluding carboxylic acids is 1. The zero-order valence-corrected chi connectivity index (χ0v) is 19.9. The fraction of sp³-hybridized carbons (Fsp3) is 0.696. The van der Waals surface area contributed by atoms with E-state index in [0.717, 1.165) is 6.07 Å². The van der Waals surface area contributed by atoms with Crippen LogP contribution in [0.4, 0.5) is 18.0 Å². The minimum Gasteiger partial charge on any atom is -0.444 e. The molecule has 0 saturated carbocycles. The Morgan fingerprint density at radius 1 is 1.06 bits per heavy atom. The molecule has 2 saturated heterocycles. The zero-order chi connectivity index (χ0) is 24.1. The van der Waals surface area contributed by atoms with Crippen LogP contribution in [0, 0.1) is 0 Å². The second kappa shape index (κ2) is 8.24. The topological polar surface area (TPSA) is 48.0 Å². The van der Waals surface area contributed by atoms with Gasteiger partial charge >= 0.3 is 19.4 Å². The minimum absolute atomic E-state index is 0.148. The van der Waals surface area contributed by atoms with E-state index in [1.165, 1.54) is 12.1 Å². The minimum atomic E-state index is -4.44. The third-order valence-corrected chi connectivity index (χ3v) is 6.51. The van der Waals surface area contributed by atoms with Crippen molar-refractivity contribution in [3.05, 3.63) is 29.3 Å². The Labute approximate surface area is 188 Å². The number of carbonyl (C=O) groups is 1. The summed E-state index contributed by atoms with van der Waals surface area (Å²) in [6.45, 7) is 13.9. The lowest BCUT2D eigenvalue weighted by atomic mass is 9.71. The summed E-state index contributed by atoms with van der Waals surface area (Å²) in [7, 11) is -0.749. The summed E-state index contributed by atoms with van der Waals surface area (Å²) in [6.07, 6.45) is -3.77. The molecule has 1 aromatic rings. The van der Waals surface area contributed by atoms with E-state index in [1.807, 2.05) is 27.7 Å². The van der Waals surface area contributed by atoms with Crippen LogP contribution in [0.25, 0.3) is 0 Å². The Kier molecular flexibility index (Phi) is 6.41. The highest BCUT2D eigenvalue weighted by atomic mass is 19.4. The van der Waals surface area contributed by atoms with Gasteiger partial charge in [0, 0.05) is 13.1 Å². The monoisotopic (exact) mass is 455 g/mol. The van der Waals surface area contributed by atoms with Crippen molar-refractivity contribution in [3.63, 3.8) is 0 Å². The summed E-state index contributed by atoms with van der Waals surface area (Å²) in [5.41, 5.74) is -1.30. The molecule has 2 heterocycles. The third kappa shape index (κ3) is 5.25. The summed E-state index contributed by atoms with van der Waals surface area (Å²) in [5.74, 6) is -0.148. The molecule has 0 radical (unpaired) electrons. The molecule has 0 aliphatic carbocycles. The number of ether oxygens (including phenoxy) is 1. The van der Waals surface area contributed by atoms with Gasteiger partial charge in [-0.3, -0.25) is 0 Å². The number of amides is 1. The molecule has 9 heteroatoms. The van der Waals surface area contributed by atoms with Crippen molar-refractivity contribution in [3.8, 4) is 0 Å². The molecule has 178 valence electrons. The number of piperidine rings is 1. The second-order valence-corrected chi connectivity index (χ2v) is 10.7. The quantitative estimate of drug-likeness (QED) is 0.581. The molecule has 3 rings (SSSR count). The van der Waals surface area contributed by atoms with E-state index < -0.39 is 41.8 Å². The average molecular weight is 455 g/mol. The summed E-state index contributed by atoms with van der Waals surface area (Å²) < 4.78 is 58.1. The molecular weight excluding hydrogens is 422 g/mol. The van der Waals surface area contributed by atoms with Gasteiger partial charge in [-0.05, 0) is 84.3 Å². The number of hydrogen-bond donors (Lipinski definition) is 0. The molecular formula is C23H33BF3NO4. The van der Waals surface area contributed by atoms with Gasteiger partial charge in [0.25, 0.3) is 0 Å². The van der Waals surface area contributed by atoms with Gasteiger partial charge < -0.3 is 18.9 Å². The van der Waals surface area contributed by atoms with Crippen LogP contribution in [-0.2, 0) is 20.2 Å². The molecule has 0 N–H and O–H groups in total. The second-order valence-electron chi connectivity index (χ2n) is 10.7. The fourth-order valence-corrected chi connectivity index (χ4v) is 3.99. The summed E-state index contributed by atoms with van der Waals surface area (Å²) >= 11 is 0. The van der Waals surface area contributed by atoms with E-state index in [9.17, 15) is 18.0 Å². The van der Waals surface area contributed by atoms with Crippen molar-refractivity contribution in [1.82, 2.24) is 4.90 Å². The van der Waals surface area contributed by atoms with Gasteiger partial charge in [-0.15, -0.1) is 0 Å². The van der Waals surface area contributed by atoms with E-state index in [-0.39, 0.29) is 5.92 Å². The SMILES string of the molecule is CC(C)(C)OC(=O)N1CCC(c2cc(C(F)(F)F)ccc2B2OC(C)(C)C(C)(C)O2)CC1. The van der Waals surface area contributed by atoms with Gasteiger partial charge in [-0.25, -0.2) is 4.79 Å². The molecule has 0 aromatic heterocycles. The number of rotatable bonds is 2. The van der Waals surface area contributed by atoms with Gasteiger partial charge in [-0.2, -0.15) is 13.2 Å². The molecule has 0 unspecified atom stereocenters. The van der Waals surface area contributed by atoms with Gasteiger partial charge in [0.2, 0.25) is 0 Å². The normalized spacial score (nSPS) is 21.7. The lowest BCUT2D eigenvalue weighted by Gasteiger charge is -2.34. The van der Waals surface area contributed by atoms with Crippen LogP contribution in [0.2, 0.25) is 0 Å². The predicted molar refractivity (Wildman–Crippen MR) is 117 cm³/mol. The van der Waals surface area contributed by atoms with Crippen LogP contribution in [0.15, 0.2) is 18.2 Å². The van der Waals surface area contributed by atoms with E-state index in [4.69, 9.17) is 14.0 Å². The van der Waals surface area contributed by atoms with Crippen molar-refractivity contribution >= 4 is 18.7 Å². The van der Waals surface area contributed by atoms with Crippen LogP contribution in [0.3, 0.4) is 0 Å². The molecule has 2 aliphatic rings. The maximum absolute atomic E-state index is 13.5. The molecule has 32 heavy (non-hydrogen) atoms. The number of nitrogens with zero attached hydrogens (tertiary/aromatic N) is 1. The molecule has 1 amide bonds. The van der Waals surface area contributed by atoms with E-state index >= 15 is 0 Å². The molecule has 2 fully saturated rings. The molecule has 0 bridgehead atoms. The first-order chi connectivity index (χ1) is 14.5. The Balaban J connectivity index is 1.86. The standard InChI is InChI=1S/C23H33BF3NO4/c1-20(2,3)30-19(29)28-12-10-15(11-13-28)17-14-16(23(25,26)27)8-9-18(17)24-31-21(4,5)22(6,7)32-24/h8-9,14-15H,10-13H2,1-7H3. The third-order valence-electron chi connectivity index (χ3n) is 6.51. The van der Waals surface area contributed by atoms with Crippen LogP contribution < -0.4 is 5.46 Å². The van der Waals surface area contributed by atoms with Crippen molar-refractivity contribution in [2.75, 3.05) is 13.1 Å². The predicted octanol–water partition coefficient (Wildman–Crippen LogP) is 5.12. The van der Waals surface area contributed by atoms with Crippen LogP contribution >= 0.6 is 0 Å². The Morgan fingerprint density at radius 3 is 2.06 bits per heavy atom. The smallest absolute Gasteiger partial charge is 0.444 e. The maximum atomic E-state index is 13.5. The van der Waals surface area contributed by atoms with E-state index in [1.54, 1.807) is 25.7 Å². The summed E-state index contributed by atoms with van der Waals surface area (Å²) in [5, 5.41) is 0. The van der Waals surface area contributed by atoms with Crippen molar-refractivity contribution in [1.29, 1.82) is 0 Å². The summed E-state index contributed by atoms with van der Waals surface area (Å²) in [4.78, 5) is 14.0.